The van der Waals surface area contributed by atoms with Crippen LogP contribution in [0.1, 0.15) is 27.2 Å². The summed E-state index contributed by atoms with van der Waals surface area (Å²) in [5.74, 6) is 0.894. The Hall–Kier alpha value is -2.85. The number of rotatable bonds is 6. The van der Waals surface area contributed by atoms with Crippen molar-refractivity contribution in [1.82, 2.24) is 9.88 Å². The van der Waals surface area contributed by atoms with Crippen LogP contribution in [0.15, 0.2) is 53.6 Å². The van der Waals surface area contributed by atoms with Crippen LogP contribution in [-0.2, 0) is 13.0 Å². The van der Waals surface area contributed by atoms with Gasteiger partial charge in [-0.25, -0.2) is 4.98 Å². The van der Waals surface area contributed by atoms with E-state index in [-0.39, 0.29) is 11.5 Å². The molecule has 3 aromatic rings. The molecule has 0 fully saturated rings. The number of carbonyl (C=O) groups is 1. The van der Waals surface area contributed by atoms with Crippen LogP contribution in [0.2, 0.25) is 5.02 Å². The molecule has 1 aromatic heterocycles. The predicted octanol–water partition coefficient (Wildman–Crippen LogP) is 5.25. The third-order valence-electron chi connectivity index (χ3n) is 5.49. The molecule has 0 N–H and O–H groups in total. The van der Waals surface area contributed by atoms with Crippen LogP contribution in [-0.4, -0.2) is 42.1 Å². The lowest BCUT2D eigenvalue weighted by molar-refractivity contribution is 0.102. The average molecular weight is 464 g/mol. The molecule has 1 aliphatic rings. The van der Waals surface area contributed by atoms with E-state index in [9.17, 15) is 10.1 Å². The first-order valence-electron chi connectivity index (χ1n) is 10.2. The van der Waals surface area contributed by atoms with Crippen LogP contribution < -0.4 is 4.74 Å². The maximum Gasteiger partial charge on any atom is 0.173 e. The molecule has 162 valence electrons. The summed E-state index contributed by atoms with van der Waals surface area (Å²) in [6.45, 7) is 1.62. The normalized spacial score (nSPS) is 13.3. The van der Waals surface area contributed by atoms with Gasteiger partial charge in [-0.05, 0) is 54.6 Å². The monoisotopic (exact) mass is 463 g/mol. The second kappa shape index (κ2) is 9.74. The molecule has 0 atom stereocenters. The zero-order valence-electron chi connectivity index (χ0n) is 17.9. The third kappa shape index (κ3) is 4.66. The maximum atomic E-state index is 12.7. The van der Waals surface area contributed by atoms with Gasteiger partial charge < -0.3 is 9.64 Å². The van der Waals surface area contributed by atoms with Crippen molar-refractivity contribution in [3.8, 4) is 22.9 Å². The summed E-state index contributed by atoms with van der Waals surface area (Å²) in [7, 11) is 3.70. The largest absolute Gasteiger partial charge is 0.497 e. The molecule has 0 radical (unpaired) electrons. The Balaban J connectivity index is 1.75. The quantitative estimate of drug-likeness (QED) is 0.367. The number of hydrogen-bond acceptors (Lipinski definition) is 6. The number of ether oxygens (including phenoxy) is 1. The molecule has 5 nitrogen and oxygen atoms in total. The van der Waals surface area contributed by atoms with Crippen LogP contribution in [0, 0.1) is 11.3 Å². The Morgan fingerprint density at radius 2 is 2.06 bits per heavy atom. The van der Waals surface area contributed by atoms with Crippen molar-refractivity contribution < 1.29 is 9.53 Å². The van der Waals surface area contributed by atoms with Gasteiger partial charge in [0.05, 0.1) is 18.4 Å². The number of thioether (sulfide) groups is 1. The fraction of sp³-hybridized carbons (Fsp3) is 0.240. The number of nitrogens with zero attached hydrogens (tertiary/aromatic N) is 3. The highest BCUT2D eigenvalue weighted by Crippen LogP contribution is 2.38. The summed E-state index contributed by atoms with van der Waals surface area (Å²) in [5.41, 5.74) is 4.94. The molecule has 4 rings (SSSR count). The van der Waals surface area contributed by atoms with Gasteiger partial charge in [0.15, 0.2) is 5.78 Å². The first kappa shape index (κ1) is 22.3. The molecule has 7 heteroatoms. The highest BCUT2D eigenvalue weighted by atomic mass is 35.5. The molecule has 1 aliphatic heterocycles. The number of ketones is 1. The molecule has 0 spiro atoms. The van der Waals surface area contributed by atoms with Gasteiger partial charge in [0.25, 0.3) is 0 Å². The second-order valence-electron chi connectivity index (χ2n) is 7.64. The number of benzene rings is 2. The van der Waals surface area contributed by atoms with E-state index in [0.717, 1.165) is 47.6 Å². The highest BCUT2D eigenvalue weighted by Gasteiger charge is 2.25. The molecule has 32 heavy (non-hydrogen) atoms. The number of methoxy groups -OCH3 is 1. The first-order chi connectivity index (χ1) is 15.5. The summed E-state index contributed by atoms with van der Waals surface area (Å²) in [6, 6.07) is 16.9. The van der Waals surface area contributed by atoms with E-state index in [0.29, 0.717) is 21.2 Å². The van der Waals surface area contributed by atoms with E-state index in [4.69, 9.17) is 21.3 Å². The number of pyridine rings is 1. The summed E-state index contributed by atoms with van der Waals surface area (Å²) >= 11 is 7.24. The standard InChI is InChI=1S/C25H22ClN3O2S/c1-29-11-10-22-21(14-29)24(17-4-3-5-19(12-17)31-2)20(13-27)25(28-22)32-15-23(30)16-6-8-18(26)9-7-16/h3-9,12H,10-11,14-15H2,1-2H3. The molecule has 0 saturated heterocycles. The number of aromatic nitrogens is 1. The predicted molar refractivity (Wildman–Crippen MR) is 127 cm³/mol. The first-order valence-corrected chi connectivity index (χ1v) is 11.6. The summed E-state index contributed by atoms with van der Waals surface area (Å²) < 4.78 is 5.41. The number of hydrogen-bond donors (Lipinski definition) is 0. The van der Waals surface area contributed by atoms with Crippen molar-refractivity contribution in [1.29, 1.82) is 5.26 Å². The number of carbonyl (C=O) groups excluding carboxylic acids is 1. The minimum atomic E-state index is -0.0299. The van der Waals surface area contributed by atoms with Crippen molar-refractivity contribution in [3.05, 3.63) is 75.9 Å². The number of Topliss-reactive ketones (excluding diaryl/α,β-unsaturated/α-hetero) is 1. The summed E-state index contributed by atoms with van der Waals surface area (Å²) in [4.78, 5) is 19.8. The highest BCUT2D eigenvalue weighted by molar-refractivity contribution is 8.00. The van der Waals surface area contributed by atoms with Gasteiger partial charge in [-0.15, -0.1) is 0 Å². The van der Waals surface area contributed by atoms with Crippen molar-refractivity contribution in [2.45, 2.75) is 18.0 Å². The molecule has 0 saturated carbocycles. The van der Waals surface area contributed by atoms with Gasteiger partial charge in [-0.2, -0.15) is 5.26 Å². The number of likely N-dealkylation sites (N-methyl/N-ethyl adjacent to an activating group) is 1. The third-order valence-corrected chi connectivity index (χ3v) is 6.71. The van der Waals surface area contributed by atoms with Crippen molar-refractivity contribution >= 4 is 29.1 Å². The number of fused-ring (bicyclic) bond motifs is 1. The van der Waals surface area contributed by atoms with Crippen LogP contribution in [0.4, 0.5) is 0 Å². The van der Waals surface area contributed by atoms with Gasteiger partial charge >= 0.3 is 0 Å². The van der Waals surface area contributed by atoms with E-state index in [1.165, 1.54) is 11.8 Å². The molecule has 0 bridgehead atoms. The van der Waals surface area contributed by atoms with Gasteiger partial charge in [-0.1, -0.05) is 35.5 Å². The van der Waals surface area contributed by atoms with E-state index in [1.807, 2.05) is 24.3 Å². The Bertz CT molecular complexity index is 1210. The SMILES string of the molecule is COc1cccc(-c2c(C#N)c(SCC(=O)c3ccc(Cl)cc3)nc3c2CN(C)CC3)c1. The Kier molecular flexibility index (Phi) is 6.80. The van der Waals surface area contributed by atoms with E-state index in [2.05, 4.69) is 18.0 Å². The average Bonchev–Trinajstić information content (AvgIpc) is 2.82. The van der Waals surface area contributed by atoms with Crippen LogP contribution in [0.25, 0.3) is 11.1 Å². The fourth-order valence-corrected chi connectivity index (χ4v) is 4.86. The molecule has 0 aliphatic carbocycles. The van der Waals surface area contributed by atoms with Crippen LogP contribution in [0.3, 0.4) is 0 Å². The van der Waals surface area contributed by atoms with Crippen molar-refractivity contribution in [2.75, 3.05) is 26.5 Å². The minimum absolute atomic E-state index is 0.0299. The van der Waals surface area contributed by atoms with Gasteiger partial charge in [-0.3, -0.25) is 4.79 Å². The maximum absolute atomic E-state index is 12.7. The Labute approximate surface area is 197 Å². The molecular weight excluding hydrogens is 442 g/mol. The van der Waals surface area contributed by atoms with E-state index in [1.54, 1.807) is 31.4 Å². The molecule has 2 aromatic carbocycles. The van der Waals surface area contributed by atoms with Crippen LogP contribution in [0.5, 0.6) is 5.75 Å². The van der Waals surface area contributed by atoms with E-state index < -0.39 is 0 Å². The smallest absolute Gasteiger partial charge is 0.173 e. The molecule has 0 amide bonds. The van der Waals surface area contributed by atoms with Gasteiger partial charge in [0.1, 0.15) is 16.8 Å². The molecule has 2 heterocycles. The number of halogens is 1. The Morgan fingerprint density at radius 1 is 1.28 bits per heavy atom. The lowest BCUT2D eigenvalue weighted by atomic mass is 9.91. The lowest BCUT2D eigenvalue weighted by Crippen LogP contribution is -2.28. The Morgan fingerprint density at radius 3 is 2.78 bits per heavy atom. The zero-order chi connectivity index (χ0) is 22.7. The lowest BCUT2D eigenvalue weighted by Gasteiger charge is -2.28. The van der Waals surface area contributed by atoms with Crippen LogP contribution >= 0.6 is 23.4 Å². The fourth-order valence-electron chi connectivity index (χ4n) is 3.83. The summed E-state index contributed by atoms with van der Waals surface area (Å²) in [5, 5.41) is 11.3. The number of nitriles is 1. The van der Waals surface area contributed by atoms with Gasteiger partial charge in [0.2, 0.25) is 0 Å². The molecular formula is C25H22ClN3O2S. The summed E-state index contributed by atoms with van der Waals surface area (Å²) in [6.07, 6.45) is 0.799. The van der Waals surface area contributed by atoms with E-state index >= 15 is 0 Å². The van der Waals surface area contributed by atoms with Gasteiger partial charge in [0, 0.05) is 41.4 Å². The zero-order valence-corrected chi connectivity index (χ0v) is 19.5. The molecule has 0 unspecified atom stereocenters. The second-order valence-corrected chi connectivity index (χ2v) is 9.04. The minimum Gasteiger partial charge on any atom is -0.497 e. The topological polar surface area (TPSA) is 66.2 Å². The van der Waals surface area contributed by atoms with Crippen molar-refractivity contribution in [3.63, 3.8) is 0 Å². The van der Waals surface area contributed by atoms with Crippen molar-refractivity contribution in [2.24, 2.45) is 0 Å².